The highest BCUT2D eigenvalue weighted by Crippen LogP contribution is 2.24. The lowest BCUT2D eigenvalue weighted by atomic mass is 10.1. The summed E-state index contributed by atoms with van der Waals surface area (Å²) in [5, 5.41) is 10.8. The lowest BCUT2D eigenvalue weighted by Gasteiger charge is -2.12. The maximum atomic E-state index is 12.3. The number of aromatic nitrogens is 2. The molecule has 0 fully saturated rings. The van der Waals surface area contributed by atoms with Gasteiger partial charge in [0.05, 0.1) is 12.1 Å². The van der Waals surface area contributed by atoms with Crippen LogP contribution in [0.5, 0.6) is 0 Å². The van der Waals surface area contributed by atoms with Crippen LogP contribution in [0.2, 0.25) is 5.02 Å². The molecule has 3 rings (SSSR count). The van der Waals surface area contributed by atoms with Gasteiger partial charge in [-0.05, 0) is 45.8 Å². The van der Waals surface area contributed by atoms with Crippen LogP contribution in [-0.4, -0.2) is 24.1 Å². The fourth-order valence-corrected chi connectivity index (χ4v) is 3.78. The van der Waals surface area contributed by atoms with E-state index in [4.69, 9.17) is 16.7 Å². The molecule has 4 N–H and O–H groups in total. The number of hydrogen-bond acceptors (Lipinski definition) is 4. The van der Waals surface area contributed by atoms with Gasteiger partial charge in [0, 0.05) is 16.9 Å². The number of carbonyl (C=O) groups is 1. The topological polar surface area (TPSA) is 127 Å². The highest BCUT2D eigenvalue weighted by atomic mass is 79.9. The monoisotopic (exact) mass is 484 g/mol. The first-order chi connectivity index (χ1) is 13.1. The molecule has 0 unspecified atom stereocenters. The molecule has 0 aliphatic carbocycles. The SMILES string of the molecule is NS(=O)(=O)c1cc(NC(=O)Cc2ccccc2Cl)ccc1-n1cc(Br)c(=O)[nH]1. The Morgan fingerprint density at radius 3 is 2.57 bits per heavy atom. The van der Waals surface area contributed by atoms with E-state index in [1.807, 2.05) is 0 Å². The molecule has 0 saturated heterocycles. The first-order valence-corrected chi connectivity index (χ1v) is 10.5. The third kappa shape index (κ3) is 4.53. The van der Waals surface area contributed by atoms with Crippen LogP contribution in [0.1, 0.15) is 5.56 Å². The normalized spacial score (nSPS) is 11.4. The van der Waals surface area contributed by atoms with E-state index in [0.717, 1.165) is 0 Å². The second-order valence-electron chi connectivity index (χ2n) is 5.83. The number of benzene rings is 2. The standard InChI is InChI=1S/C17H14BrClN4O4S/c18-12-9-23(22-17(12)25)14-6-5-11(8-15(14)28(20,26)27)21-16(24)7-10-3-1-2-4-13(10)19/h1-6,8-9H,7H2,(H,21,24)(H,22,25)(H2,20,26,27). The van der Waals surface area contributed by atoms with Gasteiger partial charge in [-0.2, -0.15) is 0 Å². The maximum Gasteiger partial charge on any atom is 0.278 e. The Hall–Kier alpha value is -2.40. The number of nitrogens with one attached hydrogen (secondary N) is 2. The summed E-state index contributed by atoms with van der Waals surface area (Å²) in [4.78, 5) is 23.6. The van der Waals surface area contributed by atoms with Crippen LogP contribution in [0.15, 0.2) is 62.8 Å². The van der Waals surface area contributed by atoms with Crippen molar-refractivity contribution in [1.29, 1.82) is 0 Å². The molecule has 0 aliphatic heterocycles. The zero-order valence-corrected chi connectivity index (χ0v) is 17.3. The molecule has 0 saturated carbocycles. The van der Waals surface area contributed by atoms with E-state index in [1.54, 1.807) is 24.3 Å². The molecule has 3 aromatic rings. The molecule has 0 atom stereocenters. The molecule has 2 aromatic carbocycles. The minimum atomic E-state index is -4.14. The quantitative estimate of drug-likeness (QED) is 0.513. The van der Waals surface area contributed by atoms with E-state index in [1.165, 1.54) is 29.1 Å². The molecule has 0 radical (unpaired) electrons. The number of H-pyrrole nitrogens is 1. The van der Waals surface area contributed by atoms with Gasteiger partial charge in [-0.25, -0.2) is 13.6 Å². The largest absolute Gasteiger partial charge is 0.326 e. The molecule has 8 nitrogen and oxygen atoms in total. The maximum absolute atomic E-state index is 12.3. The predicted octanol–water partition coefficient (Wildman–Crippen LogP) is 2.41. The smallest absolute Gasteiger partial charge is 0.278 e. The summed E-state index contributed by atoms with van der Waals surface area (Å²) in [7, 11) is -4.14. The van der Waals surface area contributed by atoms with Crippen LogP contribution in [0.3, 0.4) is 0 Å². The molecule has 1 heterocycles. The molecule has 1 aromatic heterocycles. The summed E-state index contributed by atoms with van der Waals surface area (Å²) < 4.78 is 25.5. The summed E-state index contributed by atoms with van der Waals surface area (Å²) in [6.07, 6.45) is 1.39. The minimum Gasteiger partial charge on any atom is -0.326 e. The number of rotatable bonds is 5. The van der Waals surface area contributed by atoms with Crippen molar-refractivity contribution in [3.8, 4) is 5.69 Å². The number of nitrogens with zero attached hydrogens (tertiary/aromatic N) is 1. The van der Waals surface area contributed by atoms with Crippen molar-refractivity contribution in [3.05, 3.63) is 74.1 Å². The average Bonchev–Trinajstić information content (AvgIpc) is 2.95. The van der Waals surface area contributed by atoms with Crippen LogP contribution in [-0.2, 0) is 21.2 Å². The van der Waals surface area contributed by atoms with Crippen molar-refractivity contribution >= 4 is 49.1 Å². The number of amides is 1. The fraction of sp³-hybridized carbons (Fsp3) is 0.0588. The molecular formula is C17H14BrClN4O4S. The zero-order valence-electron chi connectivity index (χ0n) is 14.1. The van der Waals surface area contributed by atoms with Gasteiger partial charge in [-0.3, -0.25) is 19.4 Å². The lowest BCUT2D eigenvalue weighted by molar-refractivity contribution is -0.115. The van der Waals surface area contributed by atoms with Gasteiger partial charge in [-0.15, -0.1) is 0 Å². The highest BCUT2D eigenvalue weighted by molar-refractivity contribution is 9.10. The molecule has 1 amide bonds. The highest BCUT2D eigenvalue weighted by Gasteiger charge is 2.18. The Balaban J connectivity index is 1.92. The van der Waals surface area contributed by atoms with E-state index < -0.39 is 15.6 Å². The van der Waals surface area contributed by atoms with E-state index in [9.17, 15) is 18.0 Å². The van der Waals surface area contributed by atoms with Gasteiger partial charge >= 0.3 is 0 Å². The molecule has 0 aliphatic rings. The van der Waals surface area contributed by atoms with E-state index in [-0.39, 0.29) is 33.1 Å². The average molecular weight is 486 g/mol. The fourth-order valence-electron chi connectivity index (χ4n) is 2.54. The Morgan fingerprint density at radius 1 is 1.25 bits per heavy atom. The number of primary sulfonamides is 1. The third-order valence-corrected chi connectivity index (χ3v) is 5.67. The summed E-state index contributed by atoms with van der Waals surface area (Å²) >= 11 is 9.11. The van der Waals surface area contributed by atoms with E-state index in [0.29, 0.717) is 10.6 Å². The molecule has 11 heteroatoms. The predicted molar refractivity (Wildman–Crippen MR) is 109 cm³/mol. The molecule has 146 valence electrons. The van der Waals surface area contributed by atoms with Gasteiger partial charge in [-0.1, -0.05) is 29.8 Å². The summed E-state index contributed by atoms with van der Waals surface area (Å²) in [6.45, 7) is 0. The summed E-state index contributed by atoms with van der Waals surface area (Å²) in [5.41, 5.74) is 0.574. The molecule has 0 spiro atoms. The summed E-state index contributed by atoms with van der Waals surface area (Å²) in [5.74, 6) is -0.377. The minimum absolute atomic E-state index is 0.0179. The zero-order chi connectivity index (χ0) is 20.5. The van der Waals surface area contributed by atoms with Crippen LogP contribution in [0.4, 0.5) is 5.69 Å². The van der Waals surface area contributed by atoms with Crippen molar-refractivity contribution in [3.63, 3.8) is 0 Å². The second-order valence-corrected chi connectivity index (χ2v) is 8.62. The number of nitrogens with two attached hydrogens (primary N) is 1. The first kappa shape index (κ1) is 20.3. The lowest BCUT2D eigenvalue weighted by Crippen LogP contribution is -2.18. The van der Waals surface area contributed by atoms with E-state index >= 15 is 0 Å². The number of carbonyl (C=O) groups excluding carboxylic acids is 1. The number of halogens is 2. The first-order valence-electron chi connectivity index (χ1n) is 7.83. The van der Waals surface area contributed by atoms with Crippen LogP contribution in [0.25, 0.3) is 5.69 Å². The Morgan fingerprint density at radius 2 is 1.96 bits per heavy atom. The van der Waals surface area contributed by atoms with Gasteiger partial charge in [0.2, 0.25) is 15.9 Å². The van der Waals surface area contributed by atoms with Crippen LogP contribution in [0, 0.1) is 0 Å². The van der Waals surface area contributed by atoms with Crippen molar-refractivity contribution < 1.29 is 13.2 Å². The Kier molecular flexibility index (Phi) is 5.75. The second kappa shape index (κ2) is 7.92. The van der Waals surface area contributed by atoms with Gasteiger partial charge in [0.25, 0.3) is 5.56 Å². The Labute approximate surface area is 173 Å². The van der Waals surface area contributed by atoms with Crippen molar-refractivity contribution in [2.75, 3.05) is 5.32 Å². The third-order valence-electron chi connectivity index (χ3n) is 3.80. The molecule has 0 bridgehead atoms. The number of anilines is 1. The molecular weight excluding hydrogens is 472 g/mol. The van der Waals surface area contributed by atoms with Crippen molar-refractivity contribution in [1.82, 2.24) is 9.78 Å². The van der Waals surface area contributed by atoms with E-state index in [2.05, 4.69) is 26.3 Å². The van der Waals surface area contributed by atoms with Crippen molar-refractivity contribution in [2.45, 2.75) is 11.3 Å². The number of aromatic amines is 1. The number of sulfonamides is 1. The van der Waals surface area contributed by atoms with Crippen LogP contribution < -0.4 is 16.0 Å². The van der Waals surface area contributed by atoms with Gasteiger partial charge in [0.15, 0.2) is 0 Å². The number of hydrogen-bond donors (Lipinski definition) is 3. The van der Waals surface area contributed by atoms with Gasteiger partial charge < -0.3 is 5.32 Å². The Bertz CT molecular complexity index is 1220. The van der Waals surface area contributed by atoms with Crippen LogP contribution >= 0.6 is 27.5 Å². The molecule has 28 heavy (non-hydrogen) atoms. The van der Waals surface area contributed by atoms with Crippen molar-refractivity contribution in [2.24, 2.45) is 5.14 Å². The summed E-state index contributed by atoms with van der Waals surface area (Å²) in [6, 6.07) is 11.1. The van der Waals surface area contributed by atoms with Gasteiger partial charge in [0.1, 0.15) is 9.37 Å².